The second-order valence-electron chi connectivity index (χ2n) is 5.35. The number of benzene rings is 2. The summed E-state index contributed by atoms with van der Waals surface area (Å²) in [6, 6.07) is 14.5. The van der Waals surface area contributed by atoms with Crippen molar-refractivity contribution in [2.24, 2.45) is 0 Å². The monoisotopic (exact) mass is 329 g/mol. The van der Waals surface area contributed by atoms with E-state index in [9.17, 15) is 9.90 Å². The van der Waals surface area contributed by atoms with Crippen LogP contribution >= 0.6 is 0 Å². The van der Waals surface area contributed by atoms with Crippen LogP contribution in [0.4, 0.5) is 0 Å². The van der Waals surface area contributed by atoms with Crippen LogP contribution < -0.4 is 14.8 Å². The molecule has 0 aliphatic carbocycles. The van der Waals surface area contributed by atoms with Gasteiger partial charge in [-0.15, -0.1) is 0 Å². The van der Waals surface area contributed by atoms with Gasteiger partial charge in [0.2, 0.25) is 5.91 Å². The summed E-state index contributed by atoms with van der Waals surface area (Å²) in [4.78, 5) is 12.0. The summed E-state index contributed by atoms with van der Waals surface area (Å²) in [6.45, 7) is 2.71. The van der Waals surface area contributed by atoms with Gasteiger partial charge < -0.3 is 19.9 Å². The minimum absolute atomic E-state index is 0.133. The smallest absolute Gasteiger partial charge is 0.224 e. The molecule has 2 N–H and O–H groups in total. The minimum atomic E-state index is -0.750. The molecule has 2 aromatic carbocycles. The van der Waals surface area contributed by atoms with E-state index in [1.807, 2.05) is 31.2 Å². The lowest BCUT2D eigenvalue weighted by Gasteiger charge is -2.13. The molecular formula is C19H23NO4. The van der Waals surface area contributed by atoms with Crippen LogP contribution in [0.3, 0.4) is 0 Å². The second-order valence-corrected chi connectivity index (χ2v) is 5.35. The SMILES string of the molecule is CCOc1ccc(CC(=O)NCC(O)c2ccc(OC)cc2)cc1. The molecule has 0 aliphatic heterocycles. The zero-order valence-corrected chi connectivity index (χ0v) is 14.0. The van der Waals surface area contributed by atoms with Gasteiger partial charge in [-0.2, -0.15) is 0 Å². The van der Waals surface area contributed by atoms with Gasteiger partial charge in [-0.1, -0.05) is 24.3 Å². The van der Waals surface area contributed by atoms with Gasteiger partial charge in [-0.25, -0.2) is 0 Å². The van der Waals surface area contributed by atoms with Gasteiger partial charge >= 0.3 is 0 Å². The lowest BCUT2D eigenvalue weighted by Crippen LogP contribution is -2.29. The average Bonchev–Trinajstić information content (AvgIpc) is 2.61. The Morgan fingerprint density at radius 1 is 1.08 bits per heavy atom. The van der Waals surface area contributed by atoms with Gasteiger partial charge in [-0.3, -0.25) is 4.79 Å². The summed E-state index contributed by atoms with van der Waals surface area (Å²) in [6.07, 6.45) is -0.484. The summed E-state index contributed by atoms with van der Waals surface area (Å²) >= 11 is 0. The zero-order chi connectivity index (χ0) is 17.4. The van der Waals surface area contributed by atoms with E-state index < -0.39 is 6.10 Å². The molecular weight excluding hydrogens is 306 g/mol. The lowest BCUT2D eigenvalue weighted by atomic mass is 10.1. The van der Waals surface area contributed by atoms with Crippen molar-refractivity contribution in [3.8, 4) is 11.5 Å². The summed E-state index contributed by atoms with van der Waals surface area (Å²) < 4.78 is 10.4. The number of aliphatic hydroxyl groups excluding tert-OH is 1. The Bertz CT molecular complexity index is 637. The van der Waals surface area contributed by atoms with Crippen LogP contribution in [0.2, 0.25) is 0 Å². The minimum Gasteiger partial charge on any atom is -0.497 e. The Hall–Kier alpha value is -2.53. The van der Waals surface area contributed by atoms with Crippen molar-refractivity contribution >= 4 is 5.91 Å². The maximum absolute atomic E-state index is 12.0. The quantitative estimate of drug-likeness (QED) is 0.781. The van der Waals surface area contributed by atoms with Crippen LogP contribution in [0.1, 0.15) is 24.2 Å². The molecule has 0 fully saturated rings. The van der Waals surface area contributed by atoms with Crippen LogP contribution in [0.25, 0.3) is 0 Å². The van der Waals surface area contributed by atoms with Crippen molar-refractivity contribution in [2.75, 3.05) is 20.3 Å². The van der Waals surface area contributed by atoms with Crippen molar-refractivity contribution < 1.29 is 19.4 Å². The number of nitrogens with one attached hydrogen (secondary N) is 1. The summed E-state index contributed by atoms with van der Waals surface area (Å²) in [7, 11) is 1.59. The van der Waals surface area contributed by atoms with Gasteiger partial charge in [0.25, 0.3) is 0 Å². The van der Waals surface area contributed by atoms with E-state index in [2.05, 4.69) is 5.32 Å². The number of hydrogen-bond acceptors (Lipinski definition) is 4. The average molecular weight is 329 g/mol. The van der Waals surface area contributed by atoms with E-state index >= 15 is 0 Å². The standard InChI is InChI=1S/C19H23NO4/c1-3-24-17-8-4-14(5-9-17)12-19(22)20-13-18(21)15-6-10-16(23-2)11-7-15/h4-11,18,21H,3,12-13H2,1-2H3,(H,20,22). The molecule has 0 saturated carbocycles. The van der Waals surface area contributed by atoms with Crippen molar-refractivity contribution in [3.63, 3.8) is 0 Å². The maximum atomic E-state index is 12.0. The summed E-state index contributed by atoms with van der Waals surface area (Å²) in [5, 5.41) is 12.9. The number of methoxy groups -OCH3 is 1. The van der Waals surface area contributed by atoms with Crippen LogP contribution in [0.15, 0.2) is 48.5 Å². The highest BCUT2D eigenvalue weighted by Crippen LogP contribution is 2.17. The molecule has 0 aliphatic rings. The van der Waals surface area contributed by atoms with Gasteiger partial charge in [0.1, 0.15) is 11.5 Å². The van der Waals surface area contributed by atoms with Gasteiger partial charge in [0.05, 0.1) is 26.2 Å². The molecule has 1 amide bonds. The van der Waals surface area contributed by atoms with E-state index in [0.717, 1.165) is 22.6 Å². The van der Waals surface area contributed by atoms with Crippen LogP contribution in [-0.2, 0) is 11.2 Å². The molecule has 24 heavy (non-hydrogen) atoms. The summed E-state index contributed by atoms with van der Waals surface area (Å²) in [5.74, 6) is 1.38. The molecule has 1 atom stereocenters. The van der Waals surface area contributed by atoms with Crippen molar-refractivity contribution in [1.29, 1.82) is 0 Å². The molecule has 0 aromatic heterocycles. The van der Waals surface area contributed by atoms with Gasteiger partial charge in [-0.05, 0) is 42.3 Å². The van der Waals surface area contributed by atoms with Crippen molar-refractivity contribution in [2.45, 2.75) is 19.4 Å². The molecule has 1 unspecified atom stereocenters. The molecule has 0 radical (unpaired) electrons. The van der Waals surface area contributed by atoms with E-state index in [-0.39, 0.29) is 18.9 Å². The zero-order valence-electron chi connectivity index (χ0n) is 14.0. The van der Waals surface area contributed by atoms with Crippen LogP contribution in [0, 0.1) is 0 Å². The maximum Gasteiger partial charge on any atom is 0.224 e. The molecule has 5 heteroatoms. The fourth-order valence-electron chi connectivity index (χ4n) is 2.27. The van der Waals surface area contributed by atoms with E-state index in [0.29, 0.717) is 6.61 Å². The van der Waals surface area contributed by atoms with Gasteiger partial charge in [0.15, 0.2) is 0 Å². The Balaban J connectivity index is 1.81. The largest absolute Gasteiger partial charge is 0.497 e. The van der Waals surface area contributed by atoms with Crippen molar-refractivity contribution in [3.05, 3.63) is 59.7 Å². The molecule has 0 heterocycles. The van der Waals surface area contributed by atoms with E-state index in [4.69, 9.17) is 9.47 Å². The molecule has 0 saturated heterocycles. The molecule has 2 aromatic rings. The number of ether oxygens (including phenoxy) is 2. The Morgan fingerprint density at radius 2 is 1.71 bits per heavy atom. The predicted octanol–water partition coefficient (Wildman–Crippen LogP) is 2.49. The van der Waals surface area contributed by atoms with Crippen molar-refractivity contribution in [1.82, 2.24) is 5.32 Å². The fourth-order valence-corrected chi connectivity index (χ4v) is 2.27. The third-order valence-electron chi connectivity index (χ3n) is 3.59. The van der Waals surface area contributed by atoms with E-state index in [1.54, 1.807) is 31.4 Å². The Labute approximate surface area is 142 Å². The normalized spacial score (nSPS) is 11.6. The predicted molar refractivity (Wildman–Crippen MR) is 92.3 cm³/mol. The molecule has 0 bridgehead atoms. The first-order valence-electron chi connectivity index (χ1n) is 7.92. The first kappa shape index (κ1) is 17.8. The highest BCUT2D eigenvalue weighted by Gasteiger charge is 2.10. The second kappa shape index (κ2) is 8.93. The number of carbonyl (C=O) groups excluding carboxylic acids is 1. The number of rotatable bonds is 8. The van der Waals surface area contributed by atoms with Gasteiger partial charge in [0, 0.05) is 6.54 Å². The Morgan fingerprint density at radius 3 is 2.29 bits per heavy atom. The highest BCUT2D eigenvalue weighted by atomic mass is 16.5. The molecule has 0 spiro atoms. The highest BCUT2D eigenvalue weighted by molar-refractivity contribution is 5.78. The lowest BCUT2D eigenvalue weighted by molar-refractivity contribution is -0.120. The van der Waals surface area contributed by atoms with Crippen LogP contribution in [0.5, 0.6) is 11.5 Å². The molecule has 2 rings (SSSR count). The number of aliphatic hydroxyl groups is 1. The van der Waals surface area contributed by atoms with E-state index in [1.165, 1.54) is 0 Å². The summed E-state index contributed by atoms with van der Waals surface area (Å²) in [5.41, 5.74) is 1.63. The number of carbonyl (C=O) groups is 1. The molecule has 5 nitrogen and oxygen atoms in total. The third-order valence-corrected chi connectivity index (χ3v) is 3.59. The number of amides is 1. The molecule has 128 valence electrons. The Kier molecular flexibility index (Phi) is 6.63. The topological polar surface area (TPSA) is 67.8 Å². The third kappa shape index (κ3) is 5.28. The first-order valence-corrected chi connectivity index (χ1v) is 7.92. The fraction of sp³-hybridized carbons (Fsp3) is 0.316. The first-order chi connectivity index (χ1) is 11.6. The number of hydrogen-bond donors (Lipinski definition) is 2. The van der Waals surface area contributed by atoms with Crippen LogP contribution in [-0.4, -0.2) is 31.3 Å².